The van der Waals surface area contributed by atoms with Crippen molar-refractivity contribution in [1.29, 1.82) is 0 Å². The first-order valence-electron chi connectivity index (χ1n) is 0. The minimum Gasteiger partial charge on any atom is -2.00 e. The van der Waals surface area contributed by atoms with Crippen molar-refractivity contribution in [3.8, 4) is 0 Å². The van der Waals surface area contributed by atoms with Crippen LogP contribution in [-0.4, -0.2) is 17.4 Å². The van der Waals surface area contributed by atoms with Crippen LogP contribution in [0.25, 0.3) is 0 Å². The fourth-order valence-electron chi connectivity index (χ4n) is 0. The monoisotopic (exact) mass is 226 g/mol. The van der Waals surface area contributed by atoms with Crippen molar-refractivity contribution in [2.24, 2.45) is 0 Å². The second kappa shape index (κ2) is 35.2. The molecule has 0 fully saturated rings. The summed E-state index contributed by atoms with van der Waals surface area (Å²) in [6, 6.07) is 0. The van der Waals surface area contributed by atoms with E-state index in [0.29, 0.717) is 0 Å². The van der Waals surface area contributed by atoms with Crippen LogP contribution in [0.2, 0.25) is 0 Å². The van der Waals surface area contributed by atoms with E-state index in [0.717, 1.165) is 0 Å². The van der Waals surface area contributed by atoms with Gasteiger partial charge in [0.1, 0.15) is 0 Å². The van der Waals surface area contributed by atoms with Gasteiger partial charge in [-0.05, 0) is 0 Å². The Balaban J connectivity index is 0. The largest absolute Gasteiger partial charge is 3.00 e. The van der Waals surface area contributed by atoms with Gasteiger partial charge in [-0.2, -0.15) is 0 Å². The Morgan fingerprint density at radius 3 is 1.00 bits per heavy atom. The fourth-order valence-corrected chi connectivity index (χ4v) is 0. The van der Waals surface area contributed by atoms with E-state index in [1.165, 1.54) is 0 Å². The molecule has 0 amide bonds. The van der Waals surface area contributed by atoms with E-state index >= 15 is 0 Å². The Labute approximate surface area is 75.8 Å². The maximum Gasteiger partial charge on any atom is 3.00 e. The quantitative estimate of drug-likeness (QED) is 0.499. The fraction of sp³-hybridized carbons (Fsp3) is 0. The minimum atomic E-state index is 0. The first-order chi connectivity index (χ1) is 0. The summed E-state index contributed by atoms with van der Waals surface area (Å²) in [6.45, 7) is 0. The van der Waals surface area contributed by atoms with Gasteiger partial charge >= 0.3 is 71.0 Å². The zero-order valence-corrected chi connectivity index (χ0v) is 8.52. The van der Waals surface area contributed by atoms with Crippen LogP contribution in [0.4, 0.5) is 0 Å². The second-order valence-electron chi connectivity index (χ2n) is 0. The molecule has 5 heteroatoms. The molecule has 0 aromatic rings. The first-order valence-corrected chi connectivity index (χ1v) is 0. The van der Waals surface area contributed by atoms with Crippen molar-refractivity contribution in [2.45, 2.75) is 0 Å². The maximum absolute atomic E-state index is 0. The third kappa shape index (κ3) is 22.9. The maximum atomic E-state index is 0. The molecule has 0 heterocycles. The normalized spacial score (nSPS) is 0. The Morgan fingerprint density at radius 1 is 1.00 bits per heavy atom. The van der Waals surface area contributed by atoms with Crippen molar-refractivity contribution in [3.05, 3.63) is 0 Å². The third-order valence-corrected chi connectivity index (χ3v) is 0. The van der Waals surface area contributed by atoms with E-state index in [1.807, 2.05) is 0 Å². The van der Waals surface area contributed by atoms with Gasteiger partial charge in [-0.1, -0.05) is 0 Å². The van der Waals surface area contributed by atoms with Crippen molar-refractivity contribution in [3.63, 3.8) is 0 Å². The van der Waals surface area contributed by atoms with E-state index in [9.17, 15) is 0 Å². The molecule has 0 aliphatic heterocycles. The molecule has 0 aliphatic carbocycles. The SMILES string of the molecule is [Al+3].[Cu+2].[Fe+2].[O-2].[Zn+2]. The summed E-state index contributed by atoms with van der Waals surface area (Å²) in [5, 5.41) is 0. The molecule has 0 aliphatic rings. The number of hydrogen-bond acceptors (Lipinski definition) is 0. The van der Waals surface area contributed by atoms with Gasteiger partial charge in [0.05, 0.1) is 0 Å². The summed E-state index contributed by atoms with van der Waals surface area (Å²) in [7, 11) is 0. The Bertz CT molecular complexity index is 11.6. The van der Waals surface area contributed by atoms with Crippen LogP contribution in [0.15, 0.2) is 0 Å². The average Bonchev–Trinajstić information content (AvgIpc) is 0. The van der Waals surface area contributed by atoms with E-state index in [4.69, 9.17) is 0 Å². The number of rotatable bonds is 0. The first kappa shape index (κ1) is 58.4. The molecule has 0 bridgehead atoms. The molecule has 1 radical (unpaired) electrons. The summed E-state index contributed by atoms with van der Waals surface area (Å²) in [5.41, 5.74) is 0. The zero-order valence-electron chi connectivity index (χ0n) is 2.35. The van der Waals surface area contributed by atoms with Crippen molar-refractivity contribution >= 4 is 17.4 Å². The average molecular weight is 228 g/mol. The van der Waals surface area contributed by atoms with E-state index in [1.54, 1.807) is 0 Å². The zero-order chi connectivity index (χ0) is 0. The van der Waals surface area contributed by atoms with Gasteiger partial charge in [-0.25, -0.2) is 0 Å². The molecule has 0 rings (SSSR count). The van der Waals surface area contributed by atoms with Crippen molar-refractivity contribution in [2.75, 3.05) is 0 Å². The molecule has 23 valence electrons. The van der Waals surface area contributed by atoms with Crippen LogP contribution >= 0.6 is 0 Å². The molecule has 0 saturated heterocycles. The van der Waals surface area contributed by atoms with Crippen LogP contribution in [0.5, 0.6) is 0 Å². The molecule has 5 heavy (non-hydrogen) atoms. The van der Waals surface area contributed by atoms with Crippen molar-refractivity contribution < 1.29 is 59.1 Å². The van der Waals surface area contributed by atoms with Gasteiger partial charge in [-0.3, -0.25) is 0 Å². The molecule has 1 nitrogen and oxygen atoms in total. The van der Waals surface area contributed by atoms with Gasteiger partial charge in [0.2, 0.25) is 0 Å². The molecule has 0 atom stereocenters. The van der Waals surface area contributed by atoms with E-state index in [2.05, 4.69) is 0 Å². The smallest absolute Gasteiger partial charge is 2.00 e. The minimum absolute atomic E-state index is 0. The van der Waals surface area contributed by atoms with Gasteiger partial charge < -0.3 is 5.48 Å². The predicted octanol–water partition coefficient (Wildman–Crippen LogP) is -0.507. The standard InChI is InChI=1S/Al.Cu.Fe.O.Zn/q+3;2*+2;-2;+2. The summed E-state index contributed by atoms with van der Waals surface area (Å²) in [5.74, 6) is 0. The summed E-state index contributed by atoms with van der Waals surface area (Å²) in [6.07, 6.45) is 0. The summed E-state index contributed by atoms with van der Waals surface area (Å²) in [4.78, 5) is 0. The summed E-state index contributed by atoms with van der Waals surface area (Å²) < 4.78 is 0. The van der Waals surface area contributed by atoms with E-state index in [-0.39, 0.29) is 76.5 Å². The number of hydrogen-bond donors (Lipinski definition) is 0. The van der Waals surface area contributed by atoms with Gasteiger partial charge in [0.25, 0.3) is 0 Å². The van der Waals surface area contributed by atoms with E-state index < -0.39 is 0 Å². The molecular weight excluding hydrogens is 228 g/mol. The molecule has 0 spiro atoms. The van der Waals surface area contributed by atoms with Gasteiger partial charge in [0, 0.05) is 0 Å². The van der Waals surface area contributed by atoms with Crippen LogP contribution < -0.4 is 0 Å². The van der Waals surface area contributed by atoms with Crippen molar-refractivity contribution in [1.82, 2.24) is 0 Å². The molecule has 0 N–H and O–H groups in total. The Hall–Kier alpha value is 2.15. The molecule has 0 saturated carbocycles. The van der Waals surface area contributed by atoms with Crippen LogP contribution in [0, 0.1) is 0 Å². The van der Waals surface area contributed by atoms with Gasteiger partial charge in [0.15, 0.2) is 0 Å². The topological polar surface area (TPSA) is 28.5 Å². The van der Waals surface area contributed by atoms with Gasteiger partial charge in [-0.15, -0.1) is 0 Å². The van der Waals surface area contributed by atoms with Crippen LogP contribution in [0.3, 0.4) is 0 Å². The molecule has 0 unspecified atom stereocenters. The second-order valence-corrected chi connectivity index (χ2v) is 0. The predicted molar refractivity (Wildman–Crippen MR) is 6.44 cm³/mol. The Morgan fingerprint density at radius 2 is 1.00 bits per heavy atom. The molecular formula is AlCuFeOZn+7. The van der Waals surface area contributed by atoms with Crippen LogP contribution in [-0.2, 0) is 59.1 Å². The molecule has 0 aromatic heterocycles. The summed E-state index contributed by atoms with van der Waals surface area (Å²) >= 11 is 0. The van der Waals surface area contributed by atoms with Crippen LogP contribution in [0.1, 0.15) is 0 Å². The molecule has 0 aromatic carbocycles. The Kier molecular flexibility index (Phi) is 411. The third-order valence-electron chi connectivity index (χ3n) is 0.